The van der Waals surface area contributed by atoms with E-state index in [4.69, 9.17) is 23.9 Å². The first kappa shape index (κ1) is 24.4. The lowest BCUT2D eigenvalue weighted by molar-refractivity contribution is 0.0168. The Morgan fingerprint density at radius 3 is 2.83 bits per heavy atom. The van der Waals surface area contributed by atoms with Crippen LogP contribution >= 0.6 is 0 Å². The maximum absolute atomic E-state index is 5.92. The van der Waals surface area contributed by atoms with Crippen LogP contribution in [0.5, 0.6) is 5.75 Å². The minimum atomic E-state index is 0.288. The highest BCUT2D eigenvalue weighted by atomic mass is 16.5. The van der Waals surface area contributed by atoms with Gasteiger partial charge in [-0.05, 0) is 51.7 Å². The number of guanidine groups is 1. The standard InChI is InChI=1S/C23H39N3O4/c1-4-24-23(25-11-7-12-28-18-21-8-6-13-29-21)26-17-20-10-9-19(3)16-22(20)30-15-14-27-5-2/h9-10,16,21H,4-8,11-15,17-18H2,1-3H3,(H2,24,25,26). The molecule has 1 unspecified atom stereocenters. The van der Waals surface area contributed by atoms with Crippen LogP contribution in [0.25, 0.3) is 0 Å². The molecule has 2 rings (SSSR count). The molecule has 1 atom stereocenters. The Hall–Kier alpha value is -1.83. The number of nitrogens with one attached hydrogen (secondary N) is 2. The zero-order chi connectivity index (χ0) is 21.4. The molecule has 0 saturated carbocycles. The number of rotatable bonds is 14. The molecule has 1 fully saturated rings. The van der Waals surface area contributed by atoms with Crippen LogP contribution in [0.15, 0.2) is 23.2 Å². The molecule has 2 N–H and O–H groups in total. The minimum absolute atomic E-state index is 0.288. The van der Waals surface area contributed by atoms with Crippen LogP contribution in [0.3, 0.4) is 0 Å². The summed E-state index contributed by atoms with van der Waals surface area (Å²) in [7, 11) is 0. The van der Waals surface area contributed by atoms with Crippen molar-refractivity contribution < 1.29 is 18.9 Å². The van der Waals surface area contributed by atoms with Gasteiger partial charge in [0.15, 0.2) is 5.96 Å². The molecule has 1 saturated heterocycles. The van der Waals surface area contributed by atoms with Crippen molar-refractivity contribution in [2.75, 3.05) is 52.7 Å². The Bertz CT molecular complexity index is 618. The number of nitrogens with zero attached hydrogens (tertiary/aromatic N) is 1. The van der Waals surface area contributed by atoms with E-state index in [-0.39, 0.29) is 6.10 Å². The second kappa shape index (κ2) is 15.0. The van der Waals surface area contributed by atoms with E-state index in [2.05, 4.69) is 42.7 Å². The molecule has 0 spiro atoms. The summed E-state index contributed by atoms with van der Waals surface area (Å²) in [5, 5.41) is 6.67. The maximum Gasteiger partial charge on any atom is 0.191 e. The van der Waals surface area contributed by atoms with Gasteiger partial charge < -0.3 is 29.6 Å². The van der Waals surface area contributed by atoms with Crippen molar-refractivity contribution in [3.63, 3.8) is 0 Å². The van der Waals surface area contributed by atoms with Gasteiger partial charge in [0.1, 0.15) is 12.4 Å². The second-order valence-corrected chi connectivity index (χ2v) is 7.34. The smallest absolute Gasteiger partial charge is 0.191 e. The van der Waals surface area contributed by atoms with Gasteiger partial charge in [-0.25, -0.2) is 4.99 Å². The number of hydrogen-bond acceptors (Lipinski definition) is 5. The van der Waals surface area contributed by atoms with Crippen molar-refractivity contribution in [1.29, 1.82) is 0 Å². The molecule has 1 aliphatic rings. The molecular weight excluding hydrogens is 382 g/mol. The third kappa shape index (κ3) is 9.78. The van der Waals surface area contributed by atoms with Crippen molar-refractivity contribution in [2.45, 2.75) is 52.7 Å². The molecule has 30 heavy (non-hydrogen) atoms. The van der Waals surface area contributed by atoms with Gasteiger partial charge >= 0.3 is 0 Å². The van der Waals surface area contributed by atoms with E-state index in [9.17, 15) is 0 Å². The Kier molecular flexibility index (Phi) is 12.3. The summed E-state index contributed by atoms with van der Waals surface area (Å²) in [5.41, 5.74) is 2.23. The lowest BCUT2D eigenvalue weighted by Crippen LogP contribution is -2.38. The van der Waals surface area contributed by atoms with Crippen LogP contribution < -0.4 is 15.4 Å². The third-order valence-corrected chi connectivity index (χ3v) is 4.75. The predicted octanol–water partition coefficient (Wildman–Crippen LogP) is 3.05. The zero-order valence-corrected chi connectivity index (χ0v) is 18.9. The molecule has 7 nitrogen and oxygen atoms in total. The summed E-state index contributed by atoms with van der Waals surface area (Å²) in [6, 6.07) is 6.23. The molecule has 7 heteroatoms. The van der Waals surface area contributed by atoms with E-state index in [1.807, 2.05) is 6.92 Å². The molecule has 0 amide bonds. The van der Waals surface area contributed by atoms with Gasteiger partial charge in [0.25, 0.3) is 0 Å². The second-order valence-electron chi connectivity index (χ2n) is 7.34. The van der Waals surface area contributed by atoms with Gasteiger partial charge in [-0.3, -0.25) is 0 Å². The first-order valence-electron chi connectivity index (χ1n) is 11.2. The number of benzene rings is 1. The van der Waals surface area contributed by atoms with E-state index >= 15 is 0 Å². The van der Waals surface area contributed by atoms with Crippen LogP contribution in [-0.2, 0) is 20.8 Å². The summed E-state index contributed by atoms with van der Waals surface area (Å²) in [5.74, 6) is 1.68. The van der Waals surface area contributed by atoms with Gasteiger partial charge in [-0.1, -0.05) is 12.1 Å². The van der Waals surface area contributed by atoms with E-state index in [0.29, 0.717) is 33.0 Å². The summed E-state index contributed by atoms with van der Waals surface area (Å²) >= 11 is 0. The van der Waals surface area contributed by atoms with Crippen LogP contribution in [0, 0.1) is 6.92 Å². The van der Waals surface area contributed by atoms with E-state index in [0.717, 1.165) is 62.8 Å². The maximum atomic E-state index is 5.92. The van der Waals surface area contributed by atoms with Crippen LogP contribution in [0.4, 0.5) is 0 Å². The van der Waals surface area contributed by atoms with Crippen molar-refractivity contribution in [2.24, 2.45) is 4.99 Å². The molecule has 0 bridgehead atoms. The van der Waals surface area contributed by atoms with Gasteiger partial charge in [-0.2, -0.15) is 0 Å². The van der Waals surface area contributed by atoms with Crippen molar-refractivity contribution in [3.8, 4) is 5.75 Å². The van der Waals surface area contributed by atoms with E-state index < -0.39 is 0 Å². The number of aliphatic imine (C=N–C) groups is 1. The van der Waals surface area contributed by atoms with Crippen LogP contribution in [0.1, 0.15) is 44.2 Å². The molecule has 0 radical (unpaired) electrons. The van der Waals surface area contributed by atoms with Gasteiger partial charge in [0.05, 0.1) is 25.9 Å². The highest BCUT2D eigenvalue weighted by molar-refractivity contribution is 5.79. The molecule has 1 heterocycles. The monoisotopic (exact) mass is 421 g/mol. The van der Waals surface area contributed by atoms with Gasteiger partial charge in [0.2, 0.25) is 0 Å². The van der Waals surface area contributed by atoms with Gasteiger partial charge in [0, 0.05) is 38.5 Å². The SMILES string of the molecule is CCNC(=NCc1ccc(C)cc1OCCOCC)NCCCOCC1CCCO1. The lowest BCUT2D eigenvalue weighted by Gasteiger charge is -2.14. The van der Waals surface area contributed by atoms with Gasteiger partial charge in [-0.15, -0.1) is 0 Å². The highest BCUT2D eigenvalue weighted by Gasteiger charge is 2.14. The fraction of sp³-hybridized carbons (Fsp3) is 0.696. The highest BCUT2D eigenvalue weighted by Crippen LogP contribution is 2.21. The van der Waals surface area contributed by atoms with Crippen LogP contribution in [-0.4, -0.2) is 64.8 Å². The molecule has 170 valence electrons. The summed E-state index contributed by atoms with van der Waals surface area (Å²) in [4.78, 5) is 4.72. The fourth-order valence-electron chi connectivity index (χ4n) is 3.16. The summed E-state index contributed by atoms with van der Waals surface area (Å²) < 4.78 is 22.6. The predicted molar refractivity (Wildman–Crippen MR) is 120 cm³/mol. The van der Waals surface area contributed by atoms with Crippen molar-refractivity contribution in [1.82, 2.24) is 10.6 Å². The quantitative estimate of drug-likeness (QED) is 0.273. The molecule has 0 aromatic heterocycles. The van der Waals surface area contributed by atoms with Crippen molar-refractivity contribution in [3.05, 3.63) is 29.3 Å². The minimum Gasteiger partial charge on any atom is -0.491 e. The lowest BCUT2D eigenvalue weighted by atomic mass is 10.1. The average Bonchev–Trinajstić information content (AvgIpc) is 3.26. The largest absolute Gasteiger partial charge is 0.491 e. The number of ether oxygens (including phenoxy) is 4. The van der Waals surface area contributed by atoms with Crippen molar-refractivity contribution >= 4 is 5.96 Å². The van der Waals surface area contributed by atoms with Crippen LogP contribution in [0.2, 0.25) is 0 Å². The topological polar surface area (TPSA) is 73.3 Å². The number of hydrogen-bond donors (Lipinski definition) is 2. The first-order valence-corrected chi connectivity index (χ1v) is 11.2. The summed E-state index contributed by atoms with van der Waals surface area (Å²) in [6.45, 7) is 12.4. The molecular formula is C23H39N3O4. The number of aryl methyl sites for hydroxylation is 1. The average molecular weight is 422 g/mol. The normalized spacial score (nSPS) is 16.6. The zero-order valence-electron chi connectivity index (χ0n) is 18.9. The first-order chi connectivity index (χ1) is 14.7. The summed E-state index contributed by atoms with van der Waals surface area (Å²) in [6.07, 6.45) is 3.48. The molecule has 0 aliphatic carbocycles. The molecule has 1 aromatic rings. The molecule has 1 aliphatic heterocycles. The molecule has 1 aromatic carbocycles. The Morgan fingerprint density at radius 1 is 1.17 bits per heavy atom. The Morgan fingerprint density at radius 2 is 2.07 bits per heavy atom. The Balaban J connectivity index is 1.76. The van der Waals surface area contributed by atoms with E-state index in [1.165, 1.54) is 5.56 Å². The Labute approximate surface area is 181 Å². The fourth-order valence-corrected chi connectivity index (χ4v) is 3.16. The third-order valence-electron chi connectivity index (χ3n) is 4.75. The van der Waals surface area contributed by atoms with E-state index in [1.54, 1.807) is 0 Å².